The Balaban J connectivity index is 2.44. The number of nitrogens with zero attached hydrogens (tertiary/aromatic N) is 2. The number of nitrogens with two attached hydrogens (primary N) is 1. The van der Waals surface area contributed by atoms with Crippen LogP contribution in [0, 0.1) is 0 Å². The van der Waals surface area contributed by atoms with E-state index in [1.165, 1.54) is 0 Å². The number of carbonyl (C=O) groups is 1. The summed E-state index contributed by atoms with van der Waals surface area (Å²) in [5.74, 6) is -0.288. The first-order chi connectivity index (χ1) is 6.22. The van der Waals surface area contributed by atoms with Gasteiger partial charge in [-0.25, -0.2) is 4.98 Å². The number of primary amides is 1. The molecule has 1 heterocycles. The normalized spacial score (nSPS) is 10.2. The van der Waals surface area contributed by atoms with Crippen molar-refractivity contribution in [2.45, 2.75) is 19.5 Å². The minimum absolute atomic E-state index is 0.288. The molecule has 0 spiro atoms. The lowest BCUT2D eigenvalue weighted by Crippen LogP contribution is -2.13. The zero-order valence-corrected chi connectivity index (χ0v) is 7.66. The monoisotopic (exact) mass is 182 g/mol. The number of hydrogen-bond acceptors (Lipinski definition) is 3. The number of imidazole rings is 1. The number of hydrogen-bond donors (Lipinski definition) is 2. The van der Waals surface area contributed by atoms with E-state index in [0.29, 0.717) is 13.0 Å². The highest BCUT2D eigenvalue weighted by atomic mass is 16.1. The smallest absolute Gasteiger partial charge is 0.219 e. The molecular formula is C8H14N4O. The summed E-state index contributed by atoms with van der Waals surface area (Å²) in [6.07, 6.45) is 3.96. The Labute approximate surface area is 76.9 Å². The Morgan fingerprint density at radius 2 is 2.54 bits per heavy atom. The molecule has 1 amide bonds. The van der Waals surface area contributed by atoms with Crippen molar-refractivity contribution in [3.63, 3.8) is 0 Å². The molecule has 0 aliphatic rings. The highest BCUT2D eigenvalue weighted by molar-refractivity contribution is 5.73. The average Bonchev–Trinajstić information content (AvgIpc) is 2.50. The molecule has 5 nitrogen and oxygen atoms in total. The molecule has 3 N–H and O–H groups in total. The lowest BCUT2D eigenvalue weighted by molar-refractivity contribution is -0.118. The van der Waals surface area contributed by atoms with E-state index >= 15 is 0 Å². The van der Waals surface area contributed by atoms with Crippen LogP contribution in [0.2, 0.25) is 0 Å². The van der Waals surface area contributed by atoms with Crippen molar-refractivity contribution < 1.29 is 4.79 Å². The summed E-state index contributed by atoms with van der Waals surface area (Å²) in [6, 6.07) is 0. The molecule has 5 heteroatoms. The van der Waals surface area contributed by atoms with E-state index in [2.05, 4.69) is 10.3 Å². The molecule has 0 bridgehead atoms. The van der Waals surface area contributed by atoms with Crippen LogP contribution >= 0.6 is 0 Å². The average molecular weight is 182 g/mol. The van der Waals surface area contributed by atoms with Gasteiger partial charge < -0.3 is 15.6 Å². The third-order valence-corrected chi connectivity index (χ3v) is 1.66. The van der Waals surface area contributed by atoms with Gasteiger partial charge in [0.15, 0.2) is 0 Å². The lowest BCUT2D eigenvalue weighted by Gasteiger charge is -1.97. The maximum atomic E-state index is 10.5. The number of nitrogens with one attached hydrogen (secondary N) is 1. The zero-order valence-electron chi connectivity index (χ0n) is 7.66. The number of carbonyl (C=O) groups excluding carboxylic acids is 1. The van der Waals surface area contributed by atoms with Gasteiger partial charge in [-0.3, -0.25) is 4.79 Å². The third-order valence-electron chi connectivity index (χ3n) is 1.66. The zero-order chi connectivity index (χ0) is 9.68. The van der Waals surface area contributed by atoms with Gasteiger partial charge in [-0.2, -0.15) is 0 Å². The van der Waals surface area contributed by atoms with Crippen LogP contribution in [0.1, 0.15) is 12.1 Å². The van der Waals surface area contributed by atoms with Gasteiger partial charge in [0, 0.05) is 25.7 Å². The van der Waals surface area contributed by atoms with E-state index in [1.807, 2.05) is 17.8 Å². The number of aromatic nitrogens is 2. The molecule has 0 atom stereocenters. The fourth-order valence-electron chi connectivity index (χ4n) is 1.04. The summed E-state index contributed by atoms with van der Waals surface area (Å²) in [5.41, 5.74) is 5.99. The fraction of sp³-hybridized carbons (Fsp3) is 0.500. The predicted octanol–water partition coefficient (Wildman–Crippen LogP) is -0.522. The van der Waals surface area contributed by atoms with E-state index < -0.39 is 0 Å². The second-order valence-corrected chi connectivity index (χ2v) is 2.85. The third kappa shape index (κ3) is 3.25. The van der Waals surface area contributed by atoms with Crippen molar-refractivity contribution >= 4 is 5.91 Å². The van der Waals surface area contributed by atoms with Crippen LogP contribution in [0.25, 0.3) is 0 Å². The molecule has 0 aliphatic carbocycles. The standard InChI is InChI=1S/C8H14N4O/c1-10-4-7-5-12(6-11-7)3-2-8(9)13/h5-6,10H,2-4H2,1H3,(H2,9,13). The highest BCUT2D eigenvalue weighted by Gasteiger charge is 1.98. The maximum absolute atomic E-state index is 10.5. The van der Waals surface area contributed by atoms with Crippen LogP contribution in [0.4, 0.5) is 0 Å². The second-order valence-electron chi connectivity index (χ2n) is 2.85. The second kappa shape index (κ2) is 4.61. The molecule has 0 saturated carbocycles. The van der Waals surface area contributed by atoms with Gasteiger partial charge in [0.2, 0.25) is 5.91 Å². The van der Waals surface area contributed by atoms with Crippen LogP contribution in [0.15, 0.2) is 12.5 Å². The molecule has 0 radical (unpaired) electrons. The molecule has 1 rings (SSSR count). The van der Waals surface area contributed by atoms with E-state index in [1.54, 1.807) is 6.33 Å². The Hall–Kier alpha value is -1.36. The molecule has 0 fully saturated rings. The summed E-state index contributed by atoms with van der Waals surface area (Å²) >= 11 is 0. The summed E-state index contributed by atoms with van der Waals surface area (Å²) in [6.45, 7) is 1.34. The molecule has 0 aromatic carbocycles. The number of amides is 1. The lowest BCUT2D eigenvalue weighted by atomic mass is 10.4. The summed E-state index contributed by atoms with van der Waals surface area (Å²) in [5, 5.41) is 2.99. The van der Waals surface area contributed by atoms with E-state index in [0.717, 1.165) is 12.2 Å². The molecule has 0 saturated heterocycles. The summed E-state index contributed by atoms with van der Waals surface area (Å²) in [7, 11) is 1.86. The van der Waals surface area contributed by atoms with Gasteiger partial charge in [0.05, 0.1) is 12.0 Å². The first kappa shape index (κ1) is 9.73. The van der Waals surface area contributed by atoms with Crippen LogP contribution < -0.4 is 11.1 Å². The van der Waals surface area contributed by atoms with E-state index in [4.69, 9.17) is 5.73 Å². The molecular weight excluding hydrogens is 168 g/mol. The van der Waals surface area contributed by atoms with Gasteiger partial charge in [-0.15, -0.1) is 0 Å². The van der Waals surface area contributed by atoms with Crippen molar-refractivity contribution in [1.82, 2.24) is 14.9 Å². The molecule has 0 aliphatic heterocycles. The van der Waals surface area contributed by atoms with Gasteiger partial charge in [-0.05, 0) is 7.05 Å². The topological polar surface area (TPSA) is 72.9 Å². The Morgan fingerprint density at radius 3 is 3.15 bits per heavy atom. The number of aryl methyl sites for hydroxylation is 1. The van der Waals surface area contributed by atoms with Gasteiger partial charge in [-0.1, -0.05) is 0 Å². The van der Waals surface area contributed by atoms with Crippen LogP contribution in [0.5, 0.6) is 0 Å². The van der Waals surface area contributed by atoms with Crippen LogP contribution in [-0.2, 0) is 17.9 Å². The van der Waals surface area contributed by atoms with Gasteiger partial charge in [0.1, 0.15) is 0 Å². The Kier molecular flexibility index (Phi) is 3.45. The first-order valence-corrected chi connectivity index (χ1v) is 4.16. The molecule has 1 aromatic heterocycles. The highest BCUT2D eigenvalue weighted by Crippen LogP contribution is 1.96. The molecule has 0 unspecified atom stereocenters. The van der Waals surface area contributed by atoms with Crippen molar-refractivity contribution in [2.75, 3.05) is 7.05 Å². The SMILES string of the molecule is CNCc1cn(CCC(N)=O)cn1. The van der Waals surface area contributed by atoms with Crippen LogP contribution in [0.3, 0.4) is 0 Å². The molecule has 72 valence electrons. The first-order valence-electron chi connectivity index (χ1n) is 4.16. The predicted molar refractivity (Wildman–Crippen MR) is 48.8 cm³/mol. The van der Waals surface area contributed by atoms with Gasteiger partial charge in [0.25, 0.3) is 0 Å². The largest absolute Gasteiger partial charge is 0.370 e. The minimum Gasteiger partial charge on any atom is -0.370 e. The van der Waals surface area contributed by atoms with Crippen molar-refractivity contribution in [2.24, 2.45) is 5.73 Å². The Bertz CT molecular complexity index is 281. The number of rotatable bonds is 5. The fourth-order valence-corrected chi connectivity index (χ4v) is 1.04. The van der Waals surface area contributed by atoms with Crippen molar-refractivity contribution in [1.29, 1.82) is 0 Å². The summed E-state index contributed by atoms with van der Waals surface area (Å²) in [4.78, 5) is 14.6. The molecule has 1 aromatic rings. The minimum atomic E-state index is -0.288. The van der Waals surface area contributed by atoms with Crippen molar-refractivity contribution in [3.05, 3.63) is 18.2 Å². The van der Waals surface area contributed by atoms with Crippen molar-refractivity contribution in [3.8, 4) is 0 Å². The van der Waals surface area contributed by atoms with E-state index in [9.17, 15) is 4.79 Å². The van der Waals surface area contributed by atoms with Gasteiger partial charge >= 0.3 is 0 Å². The van der Waals surface area contributed by atoms with Crippen LogP contribution in [-0.4, -0.2) is 22.5 Å². The van der Waals surface area contributed by atoms with E-state index in [-0.39, 0.29) is 5.91 Å². The quantitative estimate of drug-likeness (QED) is 0.643. The maximum Gasteiger partial charge on any atom is 0.219 e. The molecule has 13 heavy (non-hydrogen) atoms. The Morgan fingerprint density at radius 1 is 1.77 bits per heavy atom. The summed E-state index contributed by atoms with van der Waals surface area (Å²) < 4.78 is 1.86.